The van der Waals surface area contributed by atoms with E-state index in [1.807, 2.05) is 16.7 Å². The smallest absolute Gasteiger partial charge is 0.329 e. The van der Waals surface area contributed by atoms with E-state index in [-0.39, 0.29) is 11.7 Å². The molecule has 1 aliphatic heterocycles. The molecule has 2 atom stereocenters. The summed E-state index contributed by atoms with van der Waals surface area (Å²) in [5.41, 5.74) is 3.45. The molecular formula is C31H43N3O2. The summed E-state index contributed by atoms with van der Waals surface area (Å²) in [5, 5.41) is 0. The van der Waals surface area contributed by atoms with E-state index in [1.165, 1.54) is 57.1 Å². The second-order valence-electron chi connectivity index (χ2n) is 11.0. The maximum absolute atomic E-state index is 13.6. The molecule has 2 aliphatic rings. The van der Waals surface area contributed by atoms with E-state index in [2.05, 4.69) is 58.9 Å². The van der Waals surface area contributed by atoms with Crippen LogP contribution in [0.5, 0.6) is 0 Å². The first kappa shape index (κ1) is 25.3. The molecule has 2 unspecified atom stereocenters. The van der Waals surface area contributed by atoms with Crippen LogP contribution in [0.25, 0.3) is 11.0 Å². The molecular weight excluding hydrogens is 446 g/mol. The van der Waals surface area contributed by atoms with Crippen molar-refractivity contribution in [1.82, 2.24) is 14.0 Å². The first-order valence-corrected chi connectivity index (χ1v) is 14.3. The number of ether oxygens (including phenoxy) is 1. The van der Waals surface area contributed by atoms with Crippen LogP contribution in [-0.4, -0.2) is 40.3 Å². The molecule has 1 aromatic heterocycles. The average molecular weight is 490 g/mol. The number of fused-ring (bicyclic) bond motifs is 1. The first-order valence-electron chi connectivity index (χ1n) is 14.3. The van der Waals surface area contributed by atoms with E-state index in [0.717, 1.165) is 36.5 Å². The van der Waals surface area contributed by atoms with Crippen molar-refractivity contribution in [3.63, 3.8) is 0 Å². The largest absolute Gasteiger partial charge is 0.376 e. The van der Waals surface area contributed by atoms with Gasteiger partial charge in [0.1, 0.15) is 0 Å². The number of benzene rings is 2. The molecule has 0 N–H and O–H groups in total. The highest BCUT2D eigenvalue weighted by molar-refractivity contribution is 5.76. The predicted molar refractivity (Wildman–Crippen MR) is 147 cm³/mol. The van der Waals surface area contributed by atoms with Crippen molar-refractivity contribution in [2.45, 2.75) is 77.5 Å². The maximum Gasteiger partial charge on any atom is 0.329 e. The van der Waals surface area contributed by atoms with Crippen molar-refractivity contribution in [1.29, 1.82) is 0 Å². The van der Waals surface area contributed by atoms with Crippen molar-refractivity contribution in [2.24, 2.45) is 11.8 Å². The van der Waals surface area contributed by atoms with Crippen LogP contribution in [0.15, 0.2) is 59.4 Å². The average Bonchev–Trinajstić information content (AvgIpc) is 3.17. The van der Waals surface area contributed by atoms with Gasteiger partial charge in [0.25, 0.3) is 0 Å². The van der Waals surface area contributed by atoms with Gasteiger partial charge in [-0.25, -0.2) is 4.79 Å². The Hall–Kier alpha value is -2.37. The topological polar surface area (TPSA) is 39.4 Å². The number of rotatable bonds is 8. The van der Waals surface area contributed by atoms with Crippen LogP contribution in [-0.2, 0) is 17.9 Å². The number of nitrogens with zero attached hydrogens (tertiary/aromatic N) is 3. The normalized spacial score (nSPS) is 22.5. The summed E-state index contributed by atoms with van der Waals surface area (Å²) in [5.74, 6) is 1.11. The fourth-order valence-electron chi connectivity index (χ4n) is 6.61. The van der Waals surface area contributed by atoms with Gasteiger partial charge in [-0.2, -0.15) is 0 Å². The molecule has 0 spiro atoms. The Balaban J connectivity index is 1.36. The van der Waals surface area contributed by atoms with Crippen molar-refractivity contribution in [3.05, 3.63) is 70.6 Å². The molecule has 0 amide bonds. The molecule has 1 aliphatic carbocycles. The number of imidazole rings is 1. The van der Waals surface area contributed by atoms with Crippen LogP contribution in [0.2, 0.25) is 0 Å². The zero-order valence-corrected chi connectivity index (χ0v) is 22.0. The number of aromatic nitrogens is 2. The molecule has 2 aromatic carbocycles. The fourth-order valence-corrected chi connectivity index (χ4v) is 6.61. The van der Waals surface area contributed by atoms with Crippen LogP contribution in [0.1, 0.15) is 69.9 Å². The first-order chi connectivity index (χ1) is 17.7. The van der Waals surface area contributed by atoms with Crippen LogP contribution in [0.4, 0.5) is 0 Å². The fraction of sp³-hybridized carbons (Fsp3) is 0.581. The summed E-state index contributed by atoms with van der Waals surface area (Å²) in [6, 6.07) is 18.9. The molecule has 2 fully saturated rings. The predicted octanol–water partition coefficient (Wildman–Crippen LogP) is 6.26. The maximum atomic E-state index is 13.6. The lowest BCUT2D eigenvalue weighted by Gasteiger charge is -2.40. The molecule has 0 bridgehead atoms. The molecule has 5 heteroatoms. The highest BCUT2D eigenvalue weighted by atomic mass is 16.5. The summed E-state index contributed by atoms with van der Waals surface area (Å²) in [6.45, 7) is 7.34. The Morgan fingerprint density at radius 1 is 0.861 bits per heavy atom. The minimum atomic E-state index is 0.130. The summed E-state index contributed by atoms with van der Waals surface area (Å²) >= 11 is 0. The van der Waals surface area contributed by atoms with Crippen molar-refractivity contribution in [2.75, 3.05) is 26.2 Å². The minimum Gasteiger partial charge on any atom is -0.376 e. The number of para-hydroxylation sites is 2. The molecule has 2 heterocycles. The molecule has 1 saturated heterocycles. The van der Waals surface area contributed by atoms with E-state index in [1.54, 1.807) is 0 Å². The molecule has 194 valence electrons. The van der Waals surface area contributed by atoms with Gasteiger partial charge < -0.3 is 9.64 Å². The monoisotopic (exact) mass is 489 g/mol. The van der Waals surface area contributed by atoms with Crippen molar-refractivity contribution < 1.29 is 4.74 Å². The van der Waals surface area contributed by atoms with Gasteiger partial charge in [-0.15, -0.1) is 0 Å². The van der Waals surface area contributed by atoms with Gasteiger partial charge in [0, 0.05) is 38.1 Å². The minimum absolute atomic E-state index is 0.130. The Morgan fingerprint density at radius 2 is 1.56 bits per heavy atom. The Labute approximate surface area is 216 Å². The highest BCUT2D eigenvalue weighted by Gasteiger charge is 2.34. The molecule has 5 rings (SSSR count). The van der Waals surface area contributed by atoms with Crippen LogP contribution in [0.3, 0.4) is 0 Å². The van der Waals surface area contributed by atoms with E-state index >= 15 is 0 Å². The van der Waals surface area contributed by atoms with E-state index < -0.39 is 0 Å². The molecule has 36 heavy (non-hydrogen) atoms. The second-order valence-corrected chi connectivity index (χ2v) is 11.0. The third-order valence-electron chi connectivity index (χ3n) is 8.48. The van der Waals surface area contributed by atoms with Gasteiger partial charge in [-0.3, -0.25) is 9.13 Å². The summed E-state index contributed by atoms with van der Waals surface area (Å²) in [7, 11) is 0. The summed E-state index contributed by atoms with van der Waals surface area (Å²) in [4.78, 5) is 16.3. The Bertz CT molecular complexity index is 1140. The number of hydrogen-bond donors (Lipinski definition) is 0. The lowest BCUT2D eigenvalue weighted by atomic mass is 9.88. The van der Waals surface area contributed by atoms with Crippen molar-refractivity contribution in [3.8, 4) is 0 Å². The number of likely N-dealkylation sites (tertiary alicyclic amines) is 1. The number of aryl methyl sites for hydroxylation is 1. The third-order valence-corrected chi connectivity index (χ3v) is 8.48. The highest BCUT2D eigenvalue weighted by Crippen LogP contribution is 2.33. The molecule has 5 nitrogen and oxygen atoms in total. The SMILES string of the molecule is CCn1c(=O)n(C2CCN(CC3CCCCCCC3)CC2COCc2ccccc2)c2ccccc21. The standard InChI is InChI=1S/C31H43N3O2/c1-2-33-29-17-11-12-18-30(29)34(31(33)35)28-19-20-32(21-25-13-7-4-3-5-8-14-25)22-27(28)24-36-23-26-15-9-6-10-16-26/h6,9-12,15-18,25,27-28H,2-5,7-8,13-14,19-24H2,1H3. The van der Waals surface area contributed by atoms with Gasteiger partial charge in [0.05, 0.1) is 24.2 Å². The van der Waals surface area contributed by atoms with Crippen LogP contribution < -0.4 is 5.69 Å². The summed E-state index contributed by atoms with van der Waals surface area (Å²) < 4.78 is 10.4. The lowest BCUT2D eigenvalue weighted by molar-refractivity contribution is 0.0203. The van der Waals surface area contributed by atoms with E-state index in [9.17, 15) is 4.79 Å². The van der Waals surface area contributed by atoms with Gasteiger partial charge in [-0.1, -0.05) is 74.6 Å². The lowest BCUT2D eigenvalue weighted by Crippen LogP contribution is -2.46. The van der Waals surface area contributed by atoms with Crippen LogP contribution in [0, 0.1) is 11.8 Å². The second kappa shape index (κ2) is 12.2. The number of piperidine rings is 1. The molecule has 3 aromatic rings. The molecule has 0 radical (unpaired) electrons. The molecule has 1 saturated carbocycles. The number of hydrogen-bond acceptors (Lipinski definition) is 3. The quantitative estimate of drug-likeness (QED) is 0.375. The Kier molecular flexibility index (Phi) is 8.60. The zero-order chi connectivity index (χ0) is 24.7. The third kappa shape index (κ3) is 5.78. The van der Waals surface area contributed by atoms with Crippen LogP contribution >= 0.6 is 0 Å². The van der Waals surface area contributed by atoms with Gasteiger partial charge in [-0.05, 0) is 49.8 Å². The van der Waals surface area contributed by atoms with Gasteiger partial charge in [0.2, 0.25) is 0 Å². The van der Waals surface area contributed by atoms with Crippen molar-refractivity contribution >= 4 is 11.0 Å². The van der Waals surface area contributed by atoms with Gasteiger partial charge >= 0.3 is 5.69 Å². The Morgan fingerprint density at radius 3 is 2.31 bits per heavy atom. The summed E-state index contributed by atoms with van der Waals surface area (Å²) in [6.07, 6.45) is 10.7. The van der Waals surface area contributed by atoms with E-state index in [4.69, 9.17) is 4.74 Å². The van der Waals surface area contributed by atoms with Gasteiger partial charge in [0.15, 0.2) is 0 Å². The van der Waals surface area contributed by atoms with E-state index in [0.29, 0.717) is 25.7 Å². The zero-order valence-electron chi connectivity index (χ0n) is 22.0.